The molecular weight excluding hydrogens is 326 g/mol. The number of benzene rings is 1. The molecule has 0 fully saturated rings. The molecule has 24 heavy (non-hydrogen) atoms. The van der Waals surface area contributed by atoms with Crippen molar-refractivity contribution in [3.8, 4) is 22.8 Å². The van der Waals surface area contributed by atoms with E-state index in [1.54, 1.807) is 30.6 Å². The van der Waals surface area contributed by atoms with Crippen LogP contribution in [0.1, 0.15) is 15.4 Å². The van der Waals surface area contributed by atoms with Crippen molar-refractivity contribution in [1.82, 2.24) is 15.3 Å². The van der Waals surface area contributed by atoms with E-state index in [9.17, 15) is 4.79 Å². The molecule has 1 aliphatic rings. The number of nitrogens with zero attached hydrogens (tertiary/aromatic N) is 2. The fourth-order valence-corrected chi connectivity index (χ4v) is 3.08. The number of aromatic nitrogens is 2. The number of ether oxygens (including phenoxy) is 2. The van der Waals surface area contributed by atoms with E-state index >= 15 is 0 Å². The van der Waals surface area contributed by atoms with Crippen LogP contribution in [0.25, 0.3) is 11.3 Å². The summed E-state index contributed by atoms with van der Waals surface area (Å²) in [6.07, 6.45) is 3.49. The van der Waals surface area contributed by atoms with Gasteiger partial charge in [-0.05, 0) is 30.3 Å². The third-order valence-corrected chi connectivity index (χ3v) is 4.39. The lowest BCUT2D eigenvalue weighted by Crippen LogP contribution is -2.22. The van der Waals surface area contributed by atoms with Gasteiger partial charge in [0, 0.05) is 28.9 Å². The van der Waals surface area contributed by atoms with E-state index in [0.29, 0.717) is 23.6 Å². The van der Waals surface area contributed by atoms with Crippen LogP contribution < -0.4 is 14.8 Å². The van der Waals surface area contributed by atoms with Crippen LogP contribution in [0.4, 0.5) is 0 Å². The molecule has 0 bridgehead atoms. The van der Waals surface area contributed by atoms with E-state index in [-0.39, 0.29) is 12.7 Å². The smallest absolute Gasteiger partial charge is 0.251 e. The summed E-state index contributed by atoms with van der Waals surface area (Å²) in [5.74, 6) is 1.08. The number of nitrogens with one attached hydrogen (secondary N) is 1. The Labute approximate surface area is 142 Å². The summed E-state index contributed by atoms with van der Waals surface area (Å²) < 4.78 is 10.5. The van der Waals surface area contributed by atoms with Gasteiger partial charge < -0.3 is 14.8 Å². The molecule has 0 unspecified atom stereocenters. The number of rotatable bonds is 4. The monoisotopic (exact) mass is 339 g/mol. The van der Waals surface area contributed by atoms with Crippen molar-refractivity contribution in [2.75, 3.05) is 6.79 Å². The summed E-state index contributed by atoms with van der Waals surface area (Å²) in [5.41, 5.74) is 2.35. The largest absolute Gasteiger partial charge is 0.454 e. The van der Waals surface area contributed by atoms with E-state index in [4.69, 9.17) is 9.47 Å². The highest BCUT2D eigenvalue weighted by Crippen LogP contribution is 2.32. The van der Waals surface area contributed by atoms with Crippen molar-refractivity contribution in [3.05, 3.63) is 58.7 Å². The maximum atomic E-state index is 12.3. The standard InChI is InChI=1S/C17H13N3O3S/c21-17(11-3-4-14-15(6-11)23-10-22-14)19-8-16-20-13(9-24-16)12-2-1-5-18-7-12/h1-7,9H,8,10H2,(H,19,21). The van der Waals surface area contributed by atoms with Gasteiger partial charge in [0.2, 0.25) is 6.79 Å². The Hall–Kier alpha value is -2.93. The molecule has 7 heteroatoms. The minimum absolute atomic E-state index is 0.175. The van der Waals surface area contributed by atoms with Crippen molar-refractivity contribution in [1.29, 1.82) is 0 Å². The molecule has 0 saturated carbocycles. The zero-order chi connectivity index (χ0) is 16.4. The second-order valence-corrected chi connectivity index (χ2v) is 6.06. The topological polar surface area (TPSA) is 73.3 Å². The number of thiazole rings is 1. The van der Waals surface area contributed by atoms with Gasteiger partial charge in [-0.3, -0.25) is 9.78 Å². The van der Waals surface area contributed by atoms with Crippen LogP contribution in [0, 0.1) is 0 Å². The summed E-state index contributed by atoms with van der Waals surface area (Å²) >= 11 is 1.50. The van der Waals surface area contributed by atoms with Gasteiger partial charge in [-0.25, -0.2) is 4.98 Å². The van der Waals surface area contributed by atoms with Crippen LogP contribution in [0.15, 0.2) is 48.1 Å². The zero-order valence-corrected chi connectivity index (χ0v) is 13.4. The molecule has 4 rings (SSSR count). The molecule has 120 valence electrons. The molecule has 2 aromatic heterocycles. The average Bonchev–Trinajstić information content (AvgIpc) is 3.29. The van der Waals surface area contributed by atoms with Gasteiger partial charge in [0.25, 0.3) is 5.91 Å². The van der Waals surface area contributed by atoms with Crippen LogP contribution in [0.3, 0.4) is 0 Å². The first-order valence-corrected chi connectivity index (χ1v) is 8.20. The van der Waals surface area contributed by atoms with Gasteiger partial charge in [-0.15, -0.1) is 11.3 Å². The van der Waals surface area contributed by atoms with Gasteiger partial charge in [0.1, 0.15) is 5.01 Å². The molecule has 3 aromatic rings. The quantitative estimate of drug-likeness (QED) is 0.791. The van der Waals surface area contributed by atoms with E-state index < -0.39 is 0 Å². The molecule has 0 saturated heterocycles. The normalized spacial score (nSPS) is 12.2. The zero-order valence-electron chi connectivity index (χ0n) is 12.6. The predicted octanol–water partition coefficient (Wildman–Crippen LogP) is 2.86. The van der Waals surface area contributed by atoms with Crippen LogP contribution in [-0.4, -0.2) is 22.7 Å². The number of fused-ring (bicyclic) bond motifs is 1. The first-order chi connectivity index (χ1) is 11.8. The molecule has 1 N–H and O–H groups in total. The number of carbonyl (C=O) groups excluding carboxylic acids is 1. The van der Waals surface area contributed by atoms with Gasteiger partial charge in [0.05, 0.1) is 12.2 Å². The molecule has 0 aliphatic carbocycles. The summed E-state index contributed by atoms with van der Waals surface area (Å²) in [7, 11) is 0. The predicted molar refractivity (Wildman–Crippen MR) is 89.1 cm³/mol. The summed E-state index contributed by atoms with van der Waals surface area (Å²) in [5, 5.41) is 5.66. The third-order valence-electron chi connectivity index (χ3n) is 3.54. The highest BCUT2D eigenvalue weighted by Gasteiger charge is 2.16. The highest BCUT2D eigenvalue weighted by molar-refractivity contribution is 7.09. The lowest BCUT2D eigenvalue weighted by atomic mass is 10.2. The van der Waals surface area contributed by atoms with Crippen molar-refractivity contribution in [2.45, 2.75) is 6.54 Å². The molecule has 1 amide bonds. The third kappa shape index (κ3) is 2.93. The lowest BCUT2D eigenvalue weighted by molar-refractivity contribution is 0.0950. The maximum absolute atomic E-state index is 12.3. The Morgan fingerprint density at radius 1 is 1.25 bits per heavy atom. The number of pyridine rings is 1. The maximum Gasteiger partial charge on any atom is 0.251 e. The fourth-order valence-electron chi connectivity index (χ4n) is 2.33. The van der Waals surface area contributed by atoms with E-state index in [1.807, 2.05) is 17.5 Å². The van der Waals surface area contributed by atoms with Gasteiger partial charge in [-0.2, -0.15) is 0 Å². The Bertz CT molecular complexity index is 880. The Kier molecular flexibility index (Phi) is 3.84. The molecule has 0 spiro atoms. The lowest BCUT2D eigenvalue weighted by Gasteiger charge is -2.04. The second kappa shape index (κ2) is 6.29. The molecule has 1 aliphatic heterocycles. The van der Waals surface area contributed by atoms with Gasteiger partial charge >= 0.3 is 0 Å². The fraction of sp³-hybridized carbons (Fsp3) is 0.118. The van der Waals surface area contributed by atoms with Crippen molar-refractivity contribution in [2.24, 2.45) is 0 Å². The molecule has 3 heterocycles. The molecule has 1 aromatic carbocycles. The minimum Gasteiger partial charge on any atom is -0.454 e. The first-order valence-electron chi connectivity index (χ1n) is 7.32. The van der Waals surface area contributed by atoms with Crippen LogP contribution >= 0.6 is 11.3 Å². The molecule has 0 atom stereocenters. The Balaban J connectivity index is 1.42. The SMILES string of the molecule is O=C(NCc1nc(-c2cccnc2)cs1)c1ccc2c(c1)OCO2. The van der Waals surface area contributed by atoms with Gasteiger partial charge in [-0.1, -0.05) is 0 Å². The van der Waals surface area contributed by atoms with Crippen molar-refractivity contribution in [3.63, 3.8) is 0 Å². The summed E-state index contributed by atoms with van der Waals surface area (Å²) in [6.45, 7) is 0.564. The number of amides is 1. The first kappa shape index (κ1) is 14.6. The summed E-state index contributed by atoms with van der Waals surface area (Å²) in [6, 6.07) is 8.96. The van der Waals surface area contributed by atoms with E-state index in [1.165, 1.54) is 11.3 Å². The average molecular weight is 339 g/mol. The van der Waals surface area contributed by atoms with Gasteiger partial charge in [0.15, 0.2) is 11.5 Å². The molecule has 0 radical (unpaired) electrons. The Morgan fingerprint density at radius 2 is 2.17 bits per heavy atom. The number of carbonyl (C=O) groups is 1. The molecule has 6 nitrogen and oxygen atoms in total. The van der Waals surface area contributed by atoms with Crippen LogP contribution in [0.5, 0.6) is 11.5 Å². The van der Waals surface area contributed by atoms with Crippen LogP contribution in [-0.2, 0) is 6.54 Å². The summed E-state index contributed by atoms with van der Waals surface area (Å²) in [4.78, 5) is 20.9. The van der Waals surface area contributed by atoms with Crippen molar-refractivity contribution >= 4 is 17.2 Å². The van der Waals surface area contributed by atoms with E-state index in [2.05, 4.69) is 15.3 Å². The van der Waals surface area contributed by atoms with Crippen molar-refractivity contribution < 1.29 is 14.3 Å². The highest BCUT2D eigenvalue weighted by atomic mass is 32.1. The molecular formula is C17H13N3O3S. The minimum atomic E-state index is -0.175. The number of hydrogen-bond donors (Lipinski definition) is 1. The second-order valence-electron chi connectivity index (χ2n) is 5.12. The van der Waals surface area contributed by atoms with E-state index in [0.717, 1.165) is 16.3 Å². The Morgan fingerprint density at radius 3 is 3.04 bits per heavy atom. The van der Waals surface area contributed by atoms with Crippen LogP contribution in [0.2, 0.25) is 0 Å². The number of hydrogen-bond acceptors (Lipinski definition) is 6.